The van der Waals surface area contributed by atoms with Gasteiger partial charge in [0.2, 0.25) is 0 Å². The standard InChI is InChI=1S/C26H24FN7O2/c1-33-15-28-14-23(33)25(16-5-7-24(36-3)20(27)10-16)32-26(35)21-6-4-17-13-29-18(12-22(17)31-21)11-19-8-9-30-34(19)2/h4-10,12-15,25H,11H2,1-3H3,(H,32,35)/t25-/m0/s1. The number of carbonyl (C=O) groups excluding carboxylic acids is 1. The third kappa shape index (κ3) is 4.52. The van der Waals surface area contributed by atoms with Gasteiger partial charge in [-0.3, -0.25) is 14.5 Å². The fourth-order valence-electron chi connectivity index (χ4n) is 4.08. The van der Waals surface area contributed by atoms with Crippen molar-refractivity contribution in [2.24, 2.45) is 14.1 Å². The van der Waals surface area contributed by atoms with Gasteiger partial charge in [-0.1, -0.05) is 6.07 Å². The Morgan fingerprint density at radius 1 is 1.14 bits per heavy atom. The molecule has 36 heavy (non-hydrogen) atoms. The number of fused-ring (bicyclic) bond motifs is 1. The van der Waals surface area contributed by atoms with Crippen LogP contribution in [0, 0.1) is 5.82 Å². The Morgan fingerprint density at radius 3 is 2.69 bits per heavy atom. The van der Waals surface area contributed by atoms with Crippen molar-refractivity contribution < 1.29 is 13.9 Å². The van der Waals surface area contributed by atoms with Crippen LogP contribution in [0.3, 0.4) is 0 Å². The van der Waals surface area contributed by atoms with E-state index in [9.17, 15) is 9.18 Å². The average molecular weight is 486 g/mol. The molecular weight excluding hydrogens is 461 g/mol. The minimum Gasteiger partial charge on any atom is -0.494 e. The highest BCUT2D eigenvalue weighted by Crippen LogP contribution is 2.27. The molecule has 0 saturated carbocycles. The van der Waals surface area contributed by atoms with Gasteiger partial charge in [0, 0.05) is 49.7 Å². The fraction of sp³-hybridized carbons (Fsp3) is 0.192. The van der Waals surface area contributed by atoms with Gasteiger partial charge in [-0.25, -0.2) is 14.4 Å². The molecule has 9 nitrogen and oxygen atoms in total. The minimum atomic E-state index is -0.652. The summed E-state index contributed by atoms with van der Waals surface area (Å²) >= 11 is 0. The molecule has 0 aliphatic carbocycles. The van der Waals surface area contributed by atoms with Crippen molar-refractivity contribution in [2.75, 3.05) is 7.11 Å². The Kier molecular flexibility index (Phi) is 6.16. The number of aromatic nitrogens is 6. The fourth-order valence-corrected chi connectivity index (χ4v) is 4.08. The average Bonchev–Trinajstić information content (AvgIpc) is 3.49. The number of aryl methyl sites for hydroxylation is 2. The number of halogens is 1. The Bertz CT molecular complexity index is 1560. The van der Waals surface area contributed by atoms with Crippen LogP contribution in [0.5, 0.6) is 5.75 Å². The zero-order chi connectivity index (χ0) is 25.2. The summed E-state index contributed by atoms with van der Waals surface area (Å²) in [4.78, 5) is 26.6. The van der Waals surface area contributed by atoms with Crippen molar-refractivity contribution in [1.82, 2.24) is 34.6 Å². The lowest BCUT2D eigenvalue weighted by atomic mass is 10.0. The lowest BCUT2D eigenvalue weighted by Crippen LogP contribution is -2.31. The summed E-state index contributed by atoms with van der Waals surface area (Å²) in [5.41, 5.74) is 3.97. The van der Waals surface area contributed by atoms with Gasteiger partial charge in [-0.05, 0) is 42.0 Å². The predicted octanol–water partition coefficient (Wildman–Crippen LogP) is 3.35. The summed E-state index contributed by atoms with van der Waals surface area (Å²) in [6.45, 7) is 0. The van der Waals surface area contributed by atoms with Crippen molar-refractivity contribution in [3.8, 4) is 5.75 Å². The third-order valence-corrected chi connectivity index (χ3v) is 6.08. The Balaban J connectivity index is 1.45. The Morgan fingerprint density at radius 2 is 2.00 bits per heavy atom. The molecule has 0 spiro atoms. The molecule has 0 aliphatic heterocycles. The van der Waals surface area contributed by atoms with Crippen molar-refractivity contribution in [1.29, 1.82) is 0 Å². The van der Waals surface area contributed by atoms with Crippen LogP contribution in [0.15, 0.2) is 67.4 Å². The molecule has 0 fully saturated rings. The molecule has 10 heteroatoms. The molecule has 182 valence electrons. The number of imidazole rings is 1. The highest BCUT2D eigenvalue weighted by molar-refractivity contribution is 5.95. The second-order valence-corrected chi connectivity index (χ2v) is 8.42. The number of carbonyl (C=O) groups is 1. The zero-order valence-corrected chi connectivity index (χ0v) is 20.0. The summed E-state index contributed by atoms with van der Waals surface area (Å²) in [5, 5.41) is 7.99. The van der Waals surface area contributed by atoms with Crippen molar-refractivity contribution in [3.05, 3.63) is 102 Å². The third-order valence-electron chi connectivity index (χ3n) is 6.08. The Hall–Kier alpha value is -4.60. The number of nitrogens with one attached hydrogen (secondary N) is 1. The lowest BCUT2D eigenvalue weighted by molar-refractivity contribution is 0.0937. The number of hydrogen-bond donors (Lipinski definition) is 1. The maximum absolute atomic E-state index is 14.5. The van der Waals surface area contributed by atoms with E-state index >= 15 is 0 Å². The molecule has 1 aromatic carbocycles. The molecule has 0 saturated heterocycles. The second-order valence-electron chi connectivity index (χ2n) is 8.42. The first-order valence-electron chi connectivity index (χ1n) is 11.3. The summed E-state index contributed by atoms with van der Waals surface area (Å²) < 4.78 is 23.1. The normalized spacial score (nSPS) is 12.0. The van der Waals surface area contributed by atoms with E-state index in [1.54, 1.807) is 46.3 Å². The number of benzene rings is 1. The van der Waals surface area contributed by atoms with E-state index < -0.39 is 17.8 Å². The van der Waals surface area contributed by atoms with Gasteiger partial charge in [0.15, 0.2) is 11.6 Å². The molecule has 4 aromatic heterocycles. The van der Waals surface area contributed by atoms with Crippen LogP contribution < -0.4 is 10.1 Å². The topological polar surface area (TPSA) is 99.8 Å². The number of hydrogen-bond acceptors (Lipinski definition) is 6. The van der Waals surface area contributed by atoms with Gasteiger partial charge in [0.1, 0.15) is 5.69 Å². The van der Waals surface area contributed by atoms with E-state index in [0.29, 0.717) is 23.2 Å². The molecule has 1 atom stereocenters. The first-order chi connectivity index (χ1) is 17.4. The first-order valence-corrected chi connectivity index (χ1v) is 11.3. The molecule has 1 N–H and O–H groups in total. The van der Waals surface area contributed by atoms with Crippen LogP contribution in [0.25, 0.3) is 10.9 Å². The van der Waals surface area contributed by atoms with E-state index in [-0.39, 0.29) is 11.4 Å². The van der Waals surface area contributed by atoms with E-state index in [1.165, 1.54) is 19.2 Å². The highest BCUT2D eigenvalue weighted by atomic mass is 19.1. The van der Waals surface area contributed by atoms with Gasteiger partial charge in [0.25, 0.3) is 5.91 Å². The van der Waals surface area contributed by atoms with Crippen molar-refractivity contribution in [2.45, 2.75) is 12.5 Å². The van der Waals surface area contributed by atoms with E-state index in [2.05, 4.69) is 25.4 Å². The minimum absolute atomic E-state index is 0.126. The maximum atomic E-state index is 14.5. The van der Waals surface area contributed by atoms with Crippen molar-refractivity contribution >= 4 is 16.8 Å². The van der Waals surface area contributed by atoms with Crippen LogP contribution in [0.2, 0.25) is 0 Å². The van der Waals surface area contributed by atoms with Gasteiger partial charge in [-0.2, -0.15) is 5.10 Å². The van der Waals surface area contributed by atoms with Crippen LogP contribution in [0.1, 0.15) is 39.2 Å². The van der Waals surface area contributed by atoms with E-state index in [1.807, 2.05) is 32.3 Å². The number of rotatable bonds is 7. The number of pyridine rings is 2. The maximum Gasteiger partial charge on any atom is 0.270 e. The second kappa shape index (κ2) is 9.57. The monoisotopic (exact) mass is 485 g/mol. The predicted molar refractivity (Wildman–Crippen MR) is 131 cm³/mol. The van der Waals surface area contributed by atoms with Crippen LogP contribution in [-0.4, -0.2) is 42.3 Å². The van der Waals surface area contributed by atoms with Crippen LogP contribution in [-0.2, 0) is 20.5 Å². The number of amides is 1. The van der Waals surface area contributed by atoms with E-state index in [0.717, 1.165) is 16.8 Å². The van der Waals surface area contributed by atoms with Gasteiger partial charge in [-0.15, -0.1) is 0 Å². The molecule has 0 unspecified atom stereocenters. The molecule has 5 aromatic rings. The smallest absolute Gasteiger partial charge is 0.270 e. The number of methoxy groups -OCH3 is 1. The molecule has 5 rings (SSSR count). The molecule has 1 amide bonds. The molecular formula is C26H24FN7O2. The Labute approximate surface area is 206 Å². The summed E-state index contributed by atoms with van der Waals surface area (Å²) in [7, 11) is 5.10. The number of nitrogens with zero attached hydrogens (tertiary/aromatic N) is 6. The SMILES string of the molecule is COc1ccc([C@H](NC(=O)c2ccc3cnc(Cc4ccnn4C)cc3n2)c2cncn2C)cc1F. The van der Waals surface area contributed by atoms with Gasteiger partial charge < -0.3 is 14.6 Å². The van der Waals surface area contributed by atoms with Gasteiger partial charge in [0.05, 0.1) is 36.9 Å². The summed E-state index contributed by atoms with van der Waals surface area (Å²) in [6, 6.07) is 11.2. The first kappa shape index (κ1) is 23.2. The molecule has 4 heterocycles. The lowest BCUT2D eigenvalue weighted by Gasteiger charge is -2.20. The molecule has 0 radical (unpaired) electrons. The number of ether oxygens (including phenoxy) is 1. The van der Waals surface area contributed by atoms with Crippen LogP contribution >= 0.6 is 0 Å². The zero-order valence-electron chi connectivity index (χ0n) is 20.0. The molecule has 0 aliphatic rings. The van der Waals surface area contributed by atoms with Crippen molar-refractivity contribution in [3.63, 3.8) is 0 Å². The van der Waals surface area contributed by atoms with Gasteiger partial charge >= 0.3 is 0 Å². The van der Waals surface area contributed by atoms with E-state index in [4.69, 9.17) is 4.74 Å². The van der Waals surface area contributed by atoms with Crippen LogP contribution in [0.4, 0.5) is 4.39 Å². The summed E-state index contributed by atoms with van der Waals surface area (Å²) in [6.07, 6.45) is 7.34. The highest BCUT2D eigenvalue weighted by Gasteiger charge is 2.23. The molecule has 0 bridgehead atoms. The largest absolute Gasteiger partial charge is 0.494 e. The quantitative estimate of drug-likeness (QED) is 0.380. The summed E-state index contributed by atoms with van der Waals surface area (Å²) in [5.74, 6) is -0.793.